The maximum atomic E-state index is 12.2. The molecule has 4 heterocycles. The monoisotopic (exact) mass is 1320 g/mol. The second kappa shape index (κ2) is 44.2. The van der Waals surface area contributed by atoms with Crippen LogP contribution in [0.25, 0.3) is 0 Å². The molecule has 2 aromatic carbocycles. The summed E-state index contributed by atoms with van der Waals surface area (Å²) in [6.07, 6.45) is 22.8. The SMILES string of the molecule is C.C.CO.CSC1CCC(=O)CC1.CSC1CCC2(CC1)OCCO2.C[S-].Cc1ccc(S(=O)(=O)Cl)cc1.Cc1ccc(S(=O)(=O)OC2CCC3(CC2)OCCO3)cc1.O=C1CCC2(CC1)OCCO2.OC1CCC2(CC1)OCCO2.[B].[H-].[Na+].[Na+]. The minimum atomic E-state index is -3.69. The van der Waals surface area contributed by atoms with E-state index in [-0.39, 0.29) is 123 Å². The molecule has 26 heteroatoms. The molecule has 473 valence electrons. The number of rotatable bonds is 6. The molecule has 84 heavy (non-hydrogen) atoms. The van der Waals surface area contributed by atoms with Crippen molar-refractivity contribution in [1.29, 1.82) is 0 Å². The van der Waals surface area contributed by atoms with E-state index in [9.17, 15) is 31.5 Å². The number of hydrogen-bond acceptors (Lipinski definition) is 20. The minimum Gasteiger partial charge on any atom is -1.00 e. The summed E-state index contributed by atoms with van der Waals surface area (Å²) in [5.41, 5.74) is 2.03. The molecule has 0 amide bonds. The number of ketones is 2. The number of ether oxygens (including phenoxy) is 8. The van der Waals surface area contributed by atoms with E-state index >= 15 is 0 Å². The number of Topliss-reactive ketones (excluding diaryl/α,β-unsaturated/α-hetero) is 2. The van der Waals surface area contributed by atoms with E-state index in [0.717, 1.165) is 132 Å². The Morgan fingerprint density at radius 2 is 0.798 bits per heavy atom. The van der Waals surface area contributed by atoms with Crippen molar-refractivity contribution in [3.05, 3.63) is 59.7 Å². The van der Waals surface area contributed by atoms with Crippen LogP contribution in [0, 0.1) is 13.8 Å². The van der Waals surface area contributed by atoms with E-state index < -0.39 is 25.0 Å². The number of aliphatic hydroxyl groups is 2. The summed E-state index contributed by atoms with van der Waals surface area (Å²) >= 11 is 7.96. The number of benzene rings is 2. The van der Waals surface area contributed by atoms with Gasteiger partial charge in [-0.1, -0.05) is 50.2 Å². The zero-order chi connectivity index (χ0) is 58.0. The van der Waals surface area contributed by atoms with Gasteiger partial charge in [-0.15, -0.1) is 0 Å². The molecule has 2 aromatic rings. The normalized spacial score (nSPS) is 23.3. The standard InChI is InChI=1S/C15H20O5S.C9H16O2S.C8H14O3.C8H12O3.C7H7ClO2S.C7H12OS.CH4O.CH4S.2CH4.B.2Na.H/c1-12-2-4-14(5-3-12)21(16,17)20-13-6-8-15(9-7-13)18-10-11-19-15;1-12-8-2-4-9(5-3-8)10-6-7-11-9;2*9-7-1-3-8(4-2-7)10-5-6-11-8;1-6-2-4-7(5-3-6)11(8,9)10;1-9-7-4-2-6(8)3-5-7;2*1-2;;;;;;/h2-5,13H,6-11H2,1H3;8H,2-7H2,1H3;7,9H,1-6H2;1-6H2;2-5H,1H3;7H,2-5H2,1H3;2*2H,1H3;2*1H4;;;;/q;;;;;;;;;;;2*+1;-1/p-1. The Morgan fingerprint density at radius 1 is 0.512 bits per heavy atom. The smallest absolute Gasteiger partial charge is 1.00 e. The molecule has 4 saturated heterocycles. The number of thioether (sulfide) groups is 2. The van der Waals surface area contributed by atoms with Crippen LogP contribution < -0.4 is 59.1 Å². The zero-order valence-corrected chi connectivity index (χ0v) is 58.6. The number of carbonyl (C=O) groups is 2. The zero-order valence-electron chi connectivity index (χ0n) is 50.7. The molecule has 11 rings (SSSR count). The average Bonchev–Trinajstić information content (AvgIpc) is 4.54. The second-order valence-electron chi connectivity index (χ2n) is 20.4. The van der Waals surface area contributed by atoms with Crippen LogP contribution in [0.2, 0.25) is 0 Å². The van der Waals surface area contributed by atoms with Gasteiger partial charge < -0.3 is 62.2 Å². The van der Waals surface area contributed by atoms with Gasteiger partial charge in [0.2, 0.25) is 0 Å². The molecule has 17 nitrogen and oxygen atoms in total. The predicted octanol–water partition coefficient (Wildman–Crippen LogP) is 4.53. The largest absolute Gasteiger partial charge is 1.00 e. The molecule has 0 aromatic heterocycles. The number of carbonyl (C=O) groups excluding carboxylic acids is 2. The van der Waals surface area contributed by atoms with E-state index in [4.69, 9.17) is 57.9 Å². The first-order valence-electron chi connectivity index (χ1n) is 27.5. The first kappa shape index (κ1) is 86.7. The van der Waals surface area contributed by atoms with Crippen molar-refractivity contribution in [3.8, 4) is 0 Å². The fraction of sp³-hybridized carbons (Fsp3) is 0.759. The van der Waals surface area contributed by atoms with Crippen LogP contribution in [-0.4, -0.2) is 172 Å². The van der Waals surface area contributed by atoms with Gasteiger partial charge in [-0.2, -0.15) is 38.2 Å². The fourth-order valence-electron chi connectivity index (χ4n) is 10.3. The molecule has 9 aliphatic rings. The maximum Gasteiger partial charge on any atom is 1.00 e. The van der Waals surface area contributed by atoms with Crippen molar-refractivity contribution in [2.75, 3.05) is 78.7 Å². The van der Waals surface area contributed by atoms with Crippen LogP contribution in [0.3, 0.4) is 0 Å². The molecule has 0 unspecified atom stereocenters. The molecule has 9 fully saturated rings. The molecule has 3 radical (unpaired) electrons. The van der Waals surface area contributed by atoms with Gasteiger partial charge in [-0.05, 0) is 102 Å². The van der Waals surface area contributed by atoms with Gasteiger partial charge in [0.1, 0.15) is 11.6 Å². The van der Waals surface area contributed by atoms with Gasteiger partial charge in [-0.25, -0.2) is 8.42 Å². The third-order valence-corrected chi connectivity index (χ3v) is 20.0. The number of hydrogen-bond donors (Lipinski definition) is 2. The van der Waals surface area contributed by atoms with Gasteiger partial charge in [-0.3, -0.25) is 13.8 Å². The van der Waals surface area contributed by atoms with Crippen molar-refractivity contribution >= 4 is 86.0 Å². The molecular formula is C58H97BClNa2O17S5. The first-order chi connectivity index (χ1) is 37.8. The van der Waals surface area contributed by atoms with Crippen molar-refractivity contribution in [2.45, 2.75) is 213 Å². The van der Waals surface area contributed by atoms with E-state index in [1.807, 2.05) is 37.4 Å². The van der Waals surface area contributed by atoms with Crippen LogP contribution in [-0.2, 0) is 83.5 Å². The summed E-state index contributed by atoms with van der Waals surface area (Å²) in [6, 6.07) is 13.1. The van der Waals surface area contributed by atoms with Crippen molar-refractivity contribution < 1.29 is 139 Å². The summed E-state index contributed by atoms with van der Waals surface area (Å²) in [7, 11) is -1.16. The van der Waals surface area contributed by atoms with Crippen molar-refractivity contribution in [3.63, 3.8) is 0 Å². The molecule has 4 aliphatic heterocycles. The topological polar surface area (TPSA) is 226 Å². The summed E-state index contributed by atoms with van der Waals surface area (Å²) < 4.78 is 95.7. The van der Waals surface area contributed by atoms with Gasteiger partial charge in [0, 0.05) is 114 Å². The summed E-state index contributed by atoms with van der Waals surface area (Å²) in [5.74, 6) is -0.526. The Kier molecular flexibility index (Phi) is 45.7. The third kappa shape index (κ3) is 29.9. The maximum absolute atomic E-state index is 12.2. The average molecular weight is 1320 g/mol. The molecule has 4 spiro atoms. The van der Waals surface area contributed by atoms with Crippen LogP contribution in [0.1, 0.15) is 156 Å². The predicted molar refractivity (Wildman–Crippen MR) is 331 cm³/mol. The van der Waals surface area contributed by atoms with Gasteiger partial charge in [0.25, 0.3) is 19.2 Å². The van der Waals surface area contributed by atoms with Crippen LogP contribution in [0.15, 0.2) is 58.3 Å². The minimum absolute atomic E-state index is 0. The summed E-state index contributed by atoms with van der Waals surface area (Å²) in [6.45, 7) is 9.44. The molecule has 5 aliphatic carbocycles. The Balaban J connectivity index is -0.000000945. The Hall–Kier alpha value is 0.645. The van der Waals surface area contributed by atoms with Crippen LogP contribution in [0.4, 0.5) is 0 Å². The van der Waals surface area contributed by atoms with Gasteiger partial charge in [0.15, 0.2) is 23.1 Å². The van der Waals surface area contributed by atoms with Crippen molar-refractivity contribution in [2.24, 2.45) is 0 Å². The molecule has 0 atom stereocenters. The summed E-state index contributed by atoms with van der Waals surface area (Å²) in [5, 5.41) is 17.8. The fourth-order valence-corrected chi connectivity index (χ4v) is 13.6. The number of aliphatic hydroxyl groups excluding tert-OH is 2. The first-order valence-corrected chi connectivity index (χ1v) is 34.6. The van der Waals surface area contributed by atoms with E-state index in [1.165, 1.54) is 25.0 Å². The van der Waals surface area contributed by atoms with E-state index in [0.29, 0.717) is 76.5 Å². The number of aryl methyl sites for hydroxylation is 2. The Bertz CT molecular complexity index is 2260. The van der Waals surface area contributed by atoms with Crippen molar-refractivity contribution in [1.82, 2.24) is 0 Å². The third-order valence-electron chi connectivity index (χ3n) is 15.0. The van der Waals surface area contributed by atoms with Crippen LogP contribution >= 0.6 is 34.2 Å². The van der Waals surface area contributed by atoms with E-state index in [1.54, 1.807) is 42.7 Å². The number of halogens is 1. The van der Waals surface area contributed by atoms with Gasteiger partial charge >= 0.3 is 59.1 Å². The molecule has 0 bridgehead atoms. The second-order valence-corrected chi connectivity index (χ2v) is 26.8. The van der Waals surface area contributed by atoms with E-state index in [2.05, 4.69) is 25.1 Å². The molecule has 5 saturated carbocycles. The molecular weight excluding hydrogens is 1220 g/mol. The summed E-state index contributed by atoms with van der Waals surface area (Å²) in [4.78, 5) is 22.0. The Morgan fingerprint density at radius 3 is 1.13 bits per heavy atom. The van der Waals surface area contributed by atoms with Gasteiger partial charge in [0.05, 0.1) is 74.9 Å². The molecule has 2 N–H and O–H groups in total. The Labute approximate surface area is 571 Å². The quantitative estimate of drug-likeness (QED) is 0.175. The van der Waals surface area contributed by atoms with Crippen LogP contribution in [0.5, 0.6) is 0 Å².